The van der Waals surface area contributed by atoms with Gasteiger partial charge < -0.3 is 24.8 Å². The number of aromatic nitrogens is 3. The van der Waals surface area contributed by atoms with Crippen LogP contribution in [0.3, 0.4) is 0 Å². The van der Waals surface area contributed by atoms with E-state index in [0.29, 0.717) is 17.5 Å². The van der Waals surface area contributed by atoms with Gasteiger partial charge in [-0.2, -0.15) is 0 Å². The van der Waals surface area contributed by atoms with Crippen molar-refractivity contribution in [2.45, 2.75) is 25.8 Å². The normalized spacial score (nSPS) is 16.3. The van der Waals surface area contributed by atoms with Crippen LogP contribution in [0.15, 0.2) is 60.6 Å². The molecule has 4 heterocycles. The number of pyridine rings is 2. The number of benzene rings is 1. The van der Waals surface area contributed by atoms with Crippen molar-refractivity contribution in [2.75, 3.05) is 27.4 Å². The molecule has 4 N–H and O–H groups in total. The molecule has 0 bridgehead atoms. The molecule has 1 atom stereocenters. The number of fused-ring (bicyclic) bond motifs is 3. The first-order valence-electron chi connectivity index (χ1n) is 11.9. The maximum atomic E-state index is 6.22. The Kier molecular flexibility index (Phi) is 6.32. The molecule has 1 fully saturated rings. The summed E-state index contributed by atoms with van der Waals surface area (Å²) >= 11 is 0. The Balaban J connectivity index is 1.87. The lowest BCUT2D eigenvalue weighted by Gasteiger charge is -2.33. The third-order valence-electron chi connectivity index (χ3n) is 6.84. The molecule has 8 nitrogen and oxygen atoms in total. The fourth-order valence-electron chi connectivity index (χ4n) is 5.41. The Morgan fingerprint density at radius 1 is 1.17 bits per heavy atom. The average molecular weight is 473 g/mol. The lowest BCUT2D eigenvalue weighted by molar-refractivity contribution is 0.0552. The van der Waals surface area contributed by atoms with Gasteiger partial charge in [0.25, 0.3) is 0 Å². The minimum Gasteiger partial charge on any atom is -0.479 e. The Bertz CT molecular complexity index is 1370. The van der Waals surface area contributed by atoms with Gasteiger partial charge in [-0.3, -0.25) is 4.98 Å². The minimum absolute atomic E-state index is 0.0530. The molecule has 8 heteroatoms. The predicted molar refractivity (Wildman–Crippen MR) is 138 cm³/mol. The summed E-state index contributed by atoms with van der Waals surface area (Å²) in [6, 6.07) is 14.8. The summed E-state index contributed by atoms with van der Waals surface area (Å²) in [6.45, 7) is 3.35. The van der Waals surface area contributed by atoms with Crippen molar-refractivity contribution in [3.63, 3.8) is 0 Å². The zero-order valence-corrected chi connectivity index (χ0v) is 20.4. The highest BCUT2D eigenvalue weighted by Gasteiger charge is 2.31. The van der Waals surface area contributed by atoms with E-state index in [1.807, 2.05) is 19.2 Å². The molecule has 0 spiro atoms. The maximum absolute atomic E-state index is 6.22. The highest BCUT2D eigenvalue weighted by molar-refractivity contribution is 6.08. The Hall–Kier alpha value is -3.62. The van der Waals surface area contributed by atoms with E-state index >= 15 is 0 Å². The number of ether oxygens (including phenoxy) is 2. The highest BCUT2D eigenvalue weighted by atomic mass is 16.5. The molecule has 3 aromatic heterocycles. The zero-order valence-electron chi connectivity index (χ0n) is 20.4. The average Bonchev–Trinajstić information content (AvgIpc) is 3.19. The second-order valence-electron chi connectivity index (χ2n) is 9.13. The molecule has 0 radical (unpaired) electrons. The molecule has 1 aliphatic heterocycles. The molecule has 0 amide bonds. The monoisotopic (exact) mass is 472 g/mol. The number of rotatable bonds is 6. The lowest BCUT2D eigenvalue weighted by atomic mass is 9.86. The van der Waals surface area contributed by atoms with Gasteiger partial charge in [-0.25, -0.2) is 10.8 Å². The van der Waals surface area contributed by atoms with Crippen molar-refractivity contribution in [3.05, 3.63) is 71.7 Å². The third kappa shape index (κ3) is 4.09. The molecule has 182 valence electrons. The van der Waals surface area contributed by atoms with Gasteiger partial charge in [0, 0.05) is 49.3 Å². The molecular weight excluding hydrogens is 440 g/mol. The van der Waals surface area contributed by atoms with Crippen LogP contribution in [0.1, 0.15) is 36.9 Å². The number of allylic oxidation sites excluding steroid dienone is 1. The van der Waals surface area contributed by atoms with Crippen molar-refractivity contribution in [3.8, 4) is 5.88 Å². The fourth-order valence-corrected chi connectivity index (χ4v) is 5.41. The van der Waals surface area contributed by atoms with Crippen LogP contribution in [0.5, 0.6) is 5.88 Å². The van der Waals surface area contributed by atoms with Crippen LogP contribution in [0.4, 0.5) is 0 Å². The number of nitrogens with zero attached hydrogens (tertiary/aromatic N) is 4. The molecule has 0 saturated carbocycles. The summed E-state index contributed by atoms with van der Waals surface area (Å²) in [6.07, 6.45) is 5.54. The van der Waals surface area contributed by atoms with E-state index in [1.165, 1.54) is 5.56 Å². The van der Waals surface area contributed by atoms with E-state index in [1.54, 1.807) is 25.4 Å². The van der Waals surface area contributed by atoms with E-state index in [0.717, 1.165) is 59.3 Å². The molecular formula is C27H32N6O2. The quantitative estimate of drug-likeness (QED) is 0.322. The number of hydrazine groups is 1. The Morgan fingerprint density at radius 2 is 1.91 bits per heavy atom. The van der Waals surface area contributed by atoms with Crippen molar-refractivity contribution in [2.24, 2.45) is 17.5 Å². The topological polar surface area (TPSA) is 104 Å². The smallest absolute Gasteiger partial charge is 0.238 e. The van der Waals surface area contributed by atoms with E-state index in [2.05, 4.69) is 45.9 Å². The van der Waals surface area contributed by atoms with Crippen molar-refractivity contribution in [1.29, 1.82) is 0 Å². The van der Waals surface area contributed by atoms with Gasteiger partial charge in [0.1, 0.15) is 5.52 Å². The highest BCUT2D eigenvalue weighted by Crippen LogP contribution is 2.42. The van der Waals surface area contributed by atoms with Crippen LogP contribution < -0.4 is 16.3 Å². The van der Waals surface area contributed by atoms with Crippen LogP contribution >= 0.6 is 0 Å². The minimum atomic E-state index is 0.0530. The van der Waals surface area contributed by atoms with E-state index in [4.69, 9.17) is 26.0 Å². The molecule has 1 saturated heterocycles. The maximum Gasteiger partial charge on any atom is 0.238 e. The van der Waals surface area contributed by atoms with Gasteiger partial charge in [-0.15, -0.1) is 0 Å². The molecule has 35 heavy (non-hydrogen) atoms. The Labute approximate surface area is 205 Å². The van der Waals surface area contributed by atoms with Crippen LogP contribution in [-0.4, -0.2) is 46.9 Å². The van der Waals surface area contributed by atoms with Crippen LogP contribution in [0, 0.1) is 5.92 Å². The first-order chi connectivity index (χ1) is 17.0. The van der Waals surface area contributed by atoms with Gasteiger partial charge in [0.15, 0.2) is 0 Å². The summed E-state index contributed by atoms with van der Waals surface area (Å²) in [5.74, 6) is 7.11. The van der Waals surface area contributed by atoms with Crippen molar-refractivity contribution >= 4 is 27.6 Å². The number of hydrogen-bond acceptors (Lipinski definition) is 7. The summed E-state index contributed by atoms with van der Waals surface area (Å²) in [4.78, 5) is 9.47. The molecule has 1 unspecified atom stereocenters. The van der Waals surface area contributed by atoms with Crippen molar-refractivity contribution < 1.29 is 9.47 Å². The molecule has 1 aromatic carbocycles. The van der Waals surface area contributed by atoms with Crippen molar-refractivity contribution in [1.82, 2.24) is 19.5 Å². The molecule has 4 aromatic rings. The zero-order chi connectivity index (χ0) is 24.5. The second-order valence-corrected chi connectivity index (χ2v) is 9.13. The van der Waals surface area contributed by atoms with Crippen LogP contribution in [0.25, 0.3) is 27.6 Å². The predicted octanol–water partition coefficient (Wildman–Crippen LogP) is 4.06. The second kappa shape index (κ2) is 9.56. The molecule has 5 rings (SSSR count). The van der Waals surface area contributed by atoms with Crippen LogP contribution in [-0.2, 0) is 4.74 Å². The Morgan fingerprint density at radius 3 is 2.57 bits per heavy atom. The van der Waals surface area contributed by atoms with Gasteiger partial charge in [-0.05, 0) is 43.4 Å². The standard InChI is InChI=1S/C27H32N6O2/c1-17(28)24(32(2)29)20-15-22-23(31-16-20)21-9-12-30-27(34-3)26(21)33(22)25(18-7-5-4-6-8-18)19-10-13-35-14-11-19/h4-9,12,15-16,19,25H,10-11,13-14,28-29H2,1-3H3/b24-17-. The van der Waals surface area contributed by atoms with Gasteiger partial charge >= 0.3 is 0 Å². The summed E-state index contributed by atoms with van der Waals surface area (Å²) in [7, 11) is 3.45. The molecule has 0 aliphatic carbocycles. The molecule has 1 aliphatic rings. The third-order valence-corrected chi connectivity index (χ3v) is 6.84. The summed E-state index contributed by atoms with van der Waals surface area (Å²) in [5, 5.41) is 2.54. The SMILES string of the molecule is COc1nccc2c3ncc(/C(=C(\C)N)N(C)N)cc3n(C(c3ccccc3)C3CCOCC3)c12. The van der Waals surface area contributed by atoms with E-state index < -0.39 is 0 Å². The summed E-state index contributed by atoms with van der Waals surface area (Å²) < 4.78 is 13.9. The van der Waals surface area contributed by atoms with Crippen LogP contribution in [0.2, 0.25) is 0 Å². The largest absolute Gasteiger partial charge is 0.479 e. The van der Waals surface area contributed by atoms with E-state index in [-0.39, 0.29) is 6.04 Å². The van der Waals surface area contributed by atoms with E-state index in [9.17, 15) is 0 Å². The first kappa shape index (κ1) is 23.1. The van der Waals surface area contributed by atoms with Gasteiger partial charge in [-0.1, -0.05) is 30.3 Å². The fraction of sp³-hybridized carbons (Fsp3) is 0.333. The first-order valence-corrected chi connectivity index (χ1v) is 11.9. The number of nitrogens with two attached hydrogens (primary N) is 2. The lowest BCUT2D eigenvalue weighted by Crippen LogP contribution is -2.27. The number of hydrogen-bond donors (Lipinski definition) is 2. The van der Waals surface area contributed by atoms with Gasteiger partial charge in [0.05, 0.1) is 29.9 Å². The van der Waals surface area contributed by atoms with Gasteiger partial charge in [0.2, 0.25) is 5.88 Å². The number of methoxy groups -OCH3 is 1. The summed E-state index contributed by atoms with van der Waals surface area (Å²) in [5.41, 5.74) is 12.5.